The Morgan fingerprint density at radius 2 is 2.17 bits per heavy atom. The van der Waals surface area contributed by atoms with Gasteiger partial charge in [-0.1, -0.05) is 29.3 Å². The second-order valence-electron chi connectivity index (χ2n) is 3.94. The summed E-state index contributed by atoms with van der Waals surface area (Å²) in [7, 11) is 0. The lowest BCUT2D eigenvalue weighted by atomic mass is 10.1. The molecule has 0 aliphatic heterocycles. The Morgan fingerprint density at radius 3 is 2.72 bits per heavy atom. The zero-order valence-electron chi connectivity index (χ0n) is 9.57. The van der Waals surface area contributed by atoms with Crippen LogP contribution in [0.5, 0.6) is 0 Å². The lowest BCUT2D eigenvalue weighted by molar-refractivity contribution is 0.147. The van der Waals surface area contributed by atoms with E-state index < -0.39 is 11.9 Å². The van der Waals surface area contributed by atoms with Gasteiger partial charge in [0.2, 0.25) is 0 Å². The molecular formula is C12H11Cl2FN2O. The fourth-order valence-electron chi connectivity index (χ4n) is 1.73. The van der Waals surface area contributed by atoms with Crippen LogP contribution in [-0.4, -0.2) is 14.9 Å². The van der Waals surface area contributed by atoms with E-state index in [1.165, 1.54) is 22.9 Å². The minimum absolute atomic E-state index is 0.0489. The highest BCUT2D eigenvalue weighted by atomic mass is 35.5. The number of benzene rings is 1. The zero-order valence-corrected chi connectivity index (χ0v) is 11.1. The summed E-state index contributed by atoms with van der Waals surface area (Å²) in [5.74, 6) is -0.546. The molecule has 18 heavy (non-hydrogen) atoms. The molecule has 0 saturated heterocycles. The number of hydrogen-bond acceptors (Lipinski definition) is 2. The molecule has 2 rings (SSSR count). The van der Waals surface area contributed by atoms with E-state index in [1.807, 2.05) is 0 Å². The Hall–Kier alpha value is -1.10. The van der Waals surface area contributed by atoms with Crippen molar-refractivity contribution >= 4 is 23.2 Å². The predicted octanol–water partition coefficient (Wildman–Crippen LogP) is 3.37. The molecule has 0 bridgehead atoms. The minimum Gasteiger partial charge on any atom is -0.386 e. The van der Waals surface area contributed by atoms with Gasteiger partial charge in [-0.2, -0.15) is 5.10 Å². The molecule has 0 aliphatic carbocycles. The first-order chi connectivity index (χ1) is 8.49. The quantitative estimate of drug-likeness (QED) is 0.940. The molecule has 2 aromatic rings. The third-order valence-electron chi connectivity index (χ3n) is 2.53. The number of hydrogen-bond donors (Lipinski definition) is 1. The lowest BCUT2D eigenvalue weighted by Gasteiger charge is -2.14. The van der Waals surface area contributed by atoms with Crippen LogP contribution in [0.1, 0.15) is 17.4 Å². The molecule has 0 radical (unpaired) electrons. The highest BCUT2D eigenvalue weighted by Gasteiger charge is 2.18. The number of aliphatic hydroxyl groups excluding tert-OH is 1. The summed E-state index contributed by atoms with van der Waals surface area (Å²) in [4.78, 5) is 0. The largest absolute Gasteiger partial charge is 0.386 e. The molecule has 1 heterocycles. The molecule has 0 aliphatic rings. The van der Waals surface area contributed by atoms with Gasteiger partial charge in [-0.15, -0.1) is 0 Å². The molecule has 96 valence electrons. The van der Waals surface area contributed by atoms with Crippen molar-refractivity contribution in [2.24, 2.45) is 0 Å². The van der Waals surface area contributed by atoms with E-state index in [2.05, 4.69) is 5.10 Å². The fraction of sp³-hybridized carbons (Fsp3) is 0.250. The molecule has 1 aromatic carbocycles. The van der Waals surface area contributed by atoms with Crippen molar-refractivity contribution in [3.63, 3.8) is 0 Å². The van der Waals surface area contributed by atoms with Crippen molar-refractivity contribution in [2.45, 2.75) is 19.6 Å². The third kappa shape index (κ3) is 2.66. The van der Waals surface area contributed by atoms with Gasteiger partial charge in [0.25, 0.3) is 0 Å². The van der Waals surface area contributed by atoms with E-state index >= 15 is 0 Å². The first kappa shape index (κ1) is 13.3. The monoisotopic (exact) mass is 288 g/mol. The van der Waals surface area contributed by atoms with Crippen LogP contribution in [0.15, 0.2) is 24.3 Å². The maximum absolute atomic E-state index is 13.6. The molecular weight excluding hydrogens is 278 g/mol. The average molecular weight is 289 g/mol. The Balaban J connectivity index is 2.27. The summed E-state index contributed by atoms with van der Waals surface area (Å²) in [5, 5.41) is 14.7. The van der Waals surface area contributed by atoms with Crippen LogP contribution in [-0.2, 0) is 6.54 Å². The maximum Gasteiger partial charge on any atom is 0.130 e. The molecule has 1 N–H and O–H groups in total. The SMILES string of the molecule is Cc1cc(Cl)n(CC(O)c2c(F)cccc2Cl)n1. The normalized spacial score (nSPS) is 12.7. The van der Waals surface area contributed by atoms with Crippen molar-refractivity contribution in [3.8, 4) is 0 Å². The van der Waals surface area contributed by atoms with E-state index in [1.54, 1.807) is 13.0 Å². The number of nitrogens with zero attached hydrogens (tertiary/aromatic N) is 2. The fourth-order valence-corrected chi connectivity index (χ4v) is 2.28. The van der Waals surface area contributed by atoms with Gasteiger partial charge in [0.1, 0.15) is 17.1 Å². The van der Waals surface area contributed by atoms with Gasteiger partial charge >= 0.3 is 0 Å². The van der Waals surface area contributed by atoms with Gasteiger partial charge < -0.3 is 5.11 Å². The number of halogens is 3. The highest BCUT2D eigenvalue weighted by molar-refractivity contribution is 6.31. The summed E-state index contributed by atoms with van der Waals surface area (Å²) in [6.45, 7) is 1.83. The molecule has 0 fully saturated rings. The Labute approximate surface area is 114 Å². The minimum atomic E-state index is -1.10. The summed E-state index contributed by atoms with van der Waals surface area (Å²) >= 11 is 11.8. The van der Waals surface area contributed by atoms with Crippen molar-refractivity contribution < 1.29 is 9.50 Å². The topological polar surface area (TPSA) is 38.0 Å². The van der Waals surface area contributed by atoms with Gasteiger partial charge in [0.05, 0.1) is 12.2 Å². The van der Waals surface area contributed by atoms with Gasteiger partial charge in [-0.25, -0.2) is 4.39 Å². The highest BCUT2D eigenvalue weighted by Crippen LogP contribution is 2.27. The van der Waals surface area contributed by atoms with Gasteiger partial charge in [-0.05, 0) is 25.1 Å². The smallest absolute Gasteiger partial charge is 0.130 e. The summed E-state index contributed by atoms with van der Waals surface area (Å²) < 4.78 is 15.0. The average Bonchev–Trinajstić information content (AvgIpc) is 2.57. The van der Waals surface area contributed by atoms with Gasteiger partial charge in [-0.3, -0.25) is 4.68 Å². The maximum atomic E-state index is 13.6. The number of aliphatic hydroxyl groups is 1. The van der Waals surface area contributed by atoms with E-state index in [0.717, 1.165) is 5.69 Å². The summed E-state index contributed by atoms with van der Waals surface area (Å²) in [5.41, 5.74) is 0.787. The van der Waals surface area contributed by atoms with Crippen LogP contribution in [0.4, 0.5) is 4.39 Å². The van der Waals surface area contributed by atoms with E-state index in [4.69, 9.17) is 23.2 Å². The Kier molecular flexibility index (Phi) is 3.90. The number of aryl methyl sites for hydroxylation is 1. The van der Waals surface area contributed by atoms with E-state index in [0.29, 0.717) is 5.15 Å². The van der Waals surface area contributed by atoms with Crippen LogP contribution in [0.25, 0.3) is 0 Å². The van der Waals surface area contributed by atoms with Crippen LogP contribution in [0, 0.1) is 12.7 Å². The third-order valence-corrected chi connectivity index (χ3v) is 3.17. The second-order valence-corrected chi connectivity index (χ2v) is 4.74. The van der Waals surface area contributed by atoms with Crippen molar-refractivity contribution in [3.05, 3.63) is 51.5 Å². The second kappa shape index (κ2) is 5.26. The summed E-state index contributed by atoms with van der Waals surface area (Å²) in [6, 6.07) is 5.93. The van der Waals surface area contributed by atoms with Gasteiger partial charge in [0.15, 0.2) is 0 Å². The molecule has 1 atom stereocenters. The molecule has 1 aromatic heterocycles. The molecule has 1 unspecified atom stereocenters. The standard InChI is InChI=1S/C12H11Cl2FN2O/c1-7-5-11(14)17(16-7)6-10(18)12-8(13)3-2-4-9(12)15/h2-5,10,18H,6H2,1H3. The van der Waals surface area contributed by atoms with E-state index in [-0.39, 0.29) is 17.1 Å². The predicted molar refractivity (Wildman–Crippen MR) is 68.3 cm³/mol. The first-order valence-electron chi connectivity index (χ1n) is 5.31. The van der Waals surface area contributed by atoms with Crippen molar-refractivity contribution in [1.82, 2.24) is 9.78 Å². The van der Waals surface area contributed by atoms with Crippen LogP contribution in [0.3, 0.4) is 0 Å². The zero-order chi connectivity index (χ0) is 13.3. The number of rotatable bonds is 3. The summed E-state index contributed by atoms with van der Waals surface area (Å²) in [6.07, 6.45) is -1.10. The van der Waals surface area contributed by atoms with Crippen LogP contribution in [0.2, 0.25) is 10.2 Å². The molecule has 3 nitrogen and oxygen atoms in total. The lowest BCUT2D eigenvalue weighted by Crippen LogP contribution is -2.12. The molecule has 0 spiro atoms. The molecule has 0 saturated carbocycles. The Morgan fingerprint density at radius 1 is 1.44 bits per heavy atom. The molecule has 6 heteroatoms. The van der Waals surface area contributed by atoms with E-state index in [9.17, 15) is 9.50 Å². The number of aromatic nitrogens is 2. The first-order valence-corrected chi connectivity index (χ1v) is 6.06. The molecule has 0 amide bonds. The van der Waals surface area contributed by atoms with Crippen LogP contribution >= 0.6 is 23.2 Å². The Bertz CT molecular complexity index is 551. The van der Waals surface area contributed by atoms with Gasteiger partial charge in [0, 0.05) is 10.6 Å². The van der Waals surface area contributed by atoms with Crippen molar-refractivity contribution in [1.29, 1.82) is 0 Å². The van der Waals surface area contributed by atoms with Crippen LogP contribution < -0.4 is 0 Å². The van der Waals surface area contributed by atoms with Crippen molar-refractivity contribution in [2.75, 3.05) is 0 Å².